The molecule has 0 N–H and O–H groups in total. The predicted octanol–water partition coefficient (Wildman–Crippen LogP) is 6.14. The number of benzene rings is 2. The first-order chi connectivity index (χ1) is 15.7. The molecule has 1 aromatic heterocycles. The summed E-state index contributed by atoms with van der Waals surface area (Å²) in [6.07, 6.45) is 8.66. The molecule has 1 fully saturated rings. The molecule has 3 aromatic rings. The van der Waals surface area contributed by atoms with E-state index in [0.29, 0.717) is 24.4 Å². The molecule has 0 saturated heterocycles. The molecule has 1 saturated carbocycles. The van der Waals surface area contributed by atoms with E-state index < -0.39 is 0 Å². The smallest absolute Gasteiger partial charge is 0.337 e. The maximum atomic E-state index is 12.4. The Morgan fingerprint density at radius 3 is 2.69 bits per heavy atom. The SMILES string of the molecule is COC(=O)c1ccc2c(C3CCCCC3)c3n(c2c1)CC1=CC(=O)CC1c1ccccc1-3. The number of aromatic nitrogens is 1. The number of rotatable bonds is 2. The summed E-state index contributed by atoms with van der Waals surface area (Å²) < 4.78 is 7.38. The maximum absolute atomic E-state index is 12.4. The number of allylic oxidation sites excluding steroid dienone is 2. The molecule has 1 atom stereocenters. The molecule has 32 heavy (non-hydrogen) atoms. The van der Waals surface area contributed by atoms with Crippen molar-refractivity contribution in [3.63, 3.8) is 0 Å². The minimum absolute atomic E-state index is 0.150. The molecule has 4 nitrogen and oxygen atoms in total. The Hall–Kier alpha value is -3.14. The molecule has 3 aliphatic rings. The van der Waals surface area contributed by atoms with Crippen LogP contribution in [0.1, 0.15) is 71.8 Å². The van der Waals surface area contributed by atoms with Crippen molar-refractivity contribution in [1.29, 1.82) is 0 Å². The molecular formula is C28H27NO3. The van der Waals surface area contributed by atoms with Crippen molar-refractivity contribution in [3.05, 3.63) is 70.8 Å². The second-order valence-corrected chi connectivity index (χ2v) is 9.44. The van der Waals surface area contributed by atoms with Crippen molar-refractivity contribution in [2.75, 3.05) is 7.11 Å². The van der Waals surface area contributed by atoms with Gasteiger partial charge < -0.3 is 9.30 Å². The number of nitrogens with zero attached hydrogens (tertiary/aromatic N) is 1. The molecule has 162 valence electrons. The van der Waals surface area contributed by atoms with Crippen LogP contribution in [0.25, 0.3) is 22.2 Å². The quantitative estimate of drug-likeness (QED) is 0.464. The van der Waals surface area contributed by atoms with Crippen molar-refractivity contribution in [1.82, 2.24) is 4.57 Å². The van der Waals surface area contributed by atoms with Gasteiger partial charge in [0.15, 0.2) is 5.78 Å². The van der Waals surface area contributed by atoms with Gasteiger partial charge >= 0.3 is 5.97 Å². The highest BCUT2D eigenvalue weighted by Crippen LogP contribution is 2.50. The molecule has 0 spiro atoms. The number of methoxy groups -OCH3 is 1. The topological polar surface area (TPSA) is 48.3 Å². The lowest BCUT2D eigenvalue weighted by Crippen LogP contribution is -2.07. The van der Waals surface area contributed by atoms with E-state index in [4.69, 9.17) is 4.74 Å². The fraction of sp³-hybridized carbons (Fsp3) is 0.357. The summed E-state index contributed by atoms with van der Waals surface area (Å²) in [6, 6.07) is 14.6. The van der Waals surface area contributed by atoms with Gasteiger partial charge in [-0.15, -0.1) is 0 Å². The van der Waals surface area contributed by atoms with E-state index in [-0.39, 0.29) is 17.7 Å². The Kier molecular flexibility index (Phi) is 4.56. The summed E-state index contributed by atoms with van der Waals surface area (Å²) in [5.41, 5.74) is 8.03. The first-order valence-electron chi connectivity index (χ1n) is 11.7. The second kappa shape index (κ2) is 7.47. The third kappa shape index (κ3) is 2.89. The van der Waals surface area contributed by atoms with Gasteiger partial charge in [0.2, 0.25) is 0 Å². The van der Waals surface area contributed by atoms with E-state index in [1.165, 1.54) is 72.6 Å². The predicted molar refractivity (Wildman–Crippen MR) is 125 cm³/mol. The molecule has 1 aliphatic heterocycles. The Labute approximate surface area is 187 Å². The van der Waals surface area contributed by atoms with Gasteiger partial charge in [-0.05, 0) is 53.7 Å². The number of carbonyl (C=O) groups is 2. The van der Waals surface area contributed by atoms with E-state index in [1.54, 1.807) is 0 Å². The highest BCUT2D eigenvalue weighted by Gasteiger charge is 2.35. The van der Waals surface area contributed by atoms with Gasteiger partial charge in [0.05, 0.1) is 18.4 Å². The lowest BCUT2D eigenvalue weighted by atomic mass is 9.80. The van der Waals surface area contributed by atoms with Crippen LogP contribution in [0.15, 0.2) is 54.1 Å². The van der Waals surface area contributed by atoms with Gasteiger partial charge in [-0.1, -0.05) is 49.6 Å². The van der Waals surface area contributed by atoms with Gasteiger partial charge in [0, 0.05) is 35.3 Å². The van der Waals surface area contributed by atoms with Crippen LogP contribution in [0.4, 0.5) is 0 Å². The number of hydrogen-bond donors (Lipinski definition) is 0. The van der Waals surface area contributed by atoms with Crippen LogP contribution < -0.4 is 0 Å². The molecule has 6 rings (SSSR count). The molecular weight excluding hydrogens is 398 g/mol. The van der Waals surface area contributed by atoms with Gasteiger partial charge in [-0.2, -0.15) is 0 Å². The van der Waals surface area contributed by atoms with Gasteiger partial charge in [-0.25, -0.2) is 4.79 Å². The summed E-state index contributed by atoms with van der Waals surface area (Å²) in [6.45, 7) is 0.689. The highest BCUT2D eigenvalue weighted by molar-refractivity contribution is 6.00. The lowest BCUT2D eigenvalue weighted by molar-refractivity contribution is -0.114. The van der Waals surface area contributed by atoms with Crippen molar-refractivity contribution >= 4 is 22.7 Å². The Balaban J connectivity index is 1.69. The molecule has 2 heterocycles. The van der Waals surface area contributed by atoms with E-state index in [1.807, 2.05) is 18.2 Å². The molecule has 4 heteroatoms. The highest BCUT2D eigenvalue weighted by atomic mass is 16.5. The summed E-state index contributed by atoms with van der Waals surface area (Å²) in [4.78, 5) is 24.7. The van der Waals surface area contributed by atoms with Crippen LogP contribution in [0.3, 0.4) is 0 Å². The fourth-order valence-electron chi connectivity index (χ4n) is 6.24. The number of esters is 1. The van der Waals surface area contributed by atoms with E-state index >= 15 is 0 Å². The van der Waals surface area contributed by atoms with Crippen molar-refractivity contribution in [3.8, 4) is 11.3 Å². The summed E-state index contributed by atoms with van der Waals surface area (Å²) >= 11 is 0. The zero-order valence-corrected chi connectivity index (χ0v) is 18.4. The summed E-state index contributed by atoms with van der Waals surface area (Å²) in [5.74, 6) is 0.566. The first kappa shape index (κ1) is 19.5. The standard InChI is InChI=1S/C28H27NO3/c1-32-28(31)18-11-12-23-25(14-18)29-16-19-13-20(30)15-24(19)21-9-5-6-10-22(21)27(29)26(23)17-7-3-2-4-8-17/h5-6,9-14,17,24H,2-4,7-8,15-16H2,1H3. The third-order valence-electron chi connectivity index (χ3n) is 7.67. The van der Waals surface area contributed by atoms with E-state index in [2.05, 4.69) is 34.9 Å². The van der Waals surface area contributed by atoms with Crippen LogP contribution in [-0.2, 0) is 16.1 Å². The Morgan fingerprint density at radius 2 is 1.88 bits per heavy atom. The van der Waals surface area contributed by atoms with Gasteiger partial charge in [0.25, 0.3) is 0 Å². The molecule has 2 aromatic carbocycles. The van der Waals surface area contributed by atoms with Crippen LogP contribution in [0.5, 0.6) is 0 Å². The number of ketones is 1. The molecule has 0 amide bonds. The minimum atomic E-state index is -0.316. The average molecular weight is 426 g/mol. The van der Waals surface area contributed by atoms with Crippen molar-refractivity contribution in [2.24, 2.45) is 0 Å². The third-order valence-corrected chi connectivity index (χ3v) is 7.67. The lowest BCUT2D eigenvalue weighted by Gasteiger charge is -2.24. The normalized spacial score (nSPS) is 20.3. The second-order valence-electron chi connectivity index (χ2n) is 9.44. The molecule has 1 unspecified atom stereocenters. The number of carbonyl (C=O) groups excluding carboxylic acids is 2. The number of hydrogen-bond acceptors (Lipinski definition) is 3. The minimum Gasteiger partial charge on any atom is -0.465 e. The zero-order valence-electron chi connectivity index (χ0n) is 18.4. The van der Waals surface area contributed by atoms with E-state index in [0.717, 1.165) is 5.52 Å². The largest absolute Gasteiger partial charge is 0.465 e. The van der Waals surface area contributed by atoms with Crippen LogP contribution in [0.2, 0.25) is 0 Å². The fourth-order valence-corrected chi connectivity index (χ4v) is 6.24. The summed E-state index contributed by atoms with van der Waals surface area (Å²) in [7, 11) is 1.43. The Bertz CT molecular complexity index is 1290. The zero-order chi connectivity index (χ0) is 21.8. The van der Waals surface area contributed by atoms with Gasteiger partial charge in [-0.3, -0.25) is 4.79 Å². The monoisotopic (exact) mass is 425 g/mol. The first-order valence-corrected chi connectivity index (χ1v) is 11.7. The maximum Gasteiger partial charge on any atom is 0.337 e. The van der Waals surface area contributed by atoms with E-state index in [9.17, 15) is 9.59 Å². The van der Waals surface area contributed by atoms with Crippen LogP contribution in [0, 0.1) is 0 Å². The van der Waals surface area contributed by atoms with Crippen molar-refractivity contribution < 1.29 is 14.3 Å². The number of fused-ring (bicyclic) bond motifs is 7. The average Bonchev–Trinajstić information content (AvgIpc) is 3.32. The molecule has 0 radical (unpaired) electrons. The summed E-state index contributed by atoms with van der Waals surface area (Å²) in [5, 5.41) is 1.23. The number of ether oxygens (including phenoxy) is 1. The van der Waals surface area contributed by atoms with Gasteiger partial charge in [0.1, 0.15) is 0 Å². The van der Waals surface area contributed by atoms with Crippen LogP contribution in [-0.4, -0.2) is 23.4 Å². The molecule has 2 aliphatic carbocycles. The van der Waals surface area contributed by atoms with Crippen LogP contribution >= 0.6 is 0 Å². The Morgan fingerprint density at radius 1 is 1.06 bits per heavy atom. The van der Waals surface area contributed by atoms with Crippen molar-refractivity contribution in [2.45, 2.75) is 56.9 Å². The molecule has 0 bridgehead atoms.